The topological polar surface area (TPSA) is 60.8 Å². The van der Waals surface area contributed by atoms with Gasteiger partial charge in [-0.1, -0.05) is 62.7 Å². The van der Waals surface area contributed by atoms with E-state index in [4.69, 9.17) is 21.1 Å². The van der Waals surface area contributed by atoms with E-state index in [-0.39, 0.29) is 5.41 Å². The Labute approximate surface area is 184 Å². The second-order valence-electron chi connectivity index (χ2n) is 9.26. The van der Waals surface area contributed by atoms with Crippen molar-refractivity contribution < 1.29 is 14.3 Å². The first-order chi connectivity index (χ1) is 13.8. The lowest BCUT2D eigenvalue weighted by Gasteiger charge is -2.24. The van der Waals surface area contributed by atoms with E-state index in [1.54, 1.807) is 0 Å². The summed E-state index contributed by atoms with van der Waals surface area (Å²) < 4.78 is 11.3. The standard InChI is InChI=1S/C24H31ClN2O3/c1-16-18(14-20(23(2,3)4)27-22(28)30-24(5,6)7)13-19(21(25)26-16)29-15-17-11-9-8-10-12-17/h8-13H,14-15H2,1-7H3. The largest absolute Gasteiger partial charge is 0.486 e. The Bertz CT molecular complexity index is 911. The molecule has 5 nitrogen and oxygen atoms in total. The van der Waals surface area contributed by atoms with Gasteiger partial charge in [-0.25, -0.2) is 9.78 Å². The summed E-state index contributed by atoms with van der Waals surface area (Å²) in [5.41, 5.74) is 2.50. The molecule has 0 unspecified atom stereocenters. The molecule has 30 heavy (non-hydrogen) atoms. The fraction of sp³-hybridized carbons (Fsp3) is 0.458. The smallest absolute Gasteiger partial charge is 0.434 e. The third-order valence-corrected chi connectivity index (χ3v) is 4.59. The van der Waals surface area contributed by atoms with Crippen molar-refractivity contribution in [1.29, 1.82) is 0 Å². The zero-order valence-corrected chi connectivity index (χ0v) is 19.6. The number of carbonyl (C=O) groups is 1. The number of benzene rings is 1. The van der Waals surface area contributed by atoms with Crippen molar-refractivity contribution >= 4 is 23.4 Å². The average molecular weight is 431 g/mol. The monoisotopic (exact) mass is 430 g/mol. The molecule has 162 valence electrons. The molecule has 0 atom stereocenters. The molecule has 0 spiro atoms. The predicted molar refractivity (Wildman–Crippen MR) is 122 cm³/mol. The maximum absolute atomic E-state index is 12.3. The number of pyridine rings is 1. The highest BCUT2D eigenvalue weighted by molar-refractivity contribution is 6.30. The van der Waals surface area contributed by atoms with Gasteiger partial charge in [-0.2, -0.15) is 4.99 Å². The number of hydrogen-bond donors (Lipinski definition) is 0. The molecule has 0 bridgehead atoms. The quantitative estimate of drug-likeness (QED) is 0.396. The van der Waals surface area contributed by atoms with Crippen LogP contribution in [0.25, 0.3) is 0 Å². The van der Waals surface area contributed by atoms with Crippen molar-refractivity contribution in [2.45, 2.75) is 67.1 Å². The minimum Gasteiger partial charge on any atom is -0.486 e. The minimum atomic E-state index is -0.597. The molecule has 0 aliphatic carbocycles. The molecule has 6 heteroatoms. The van der Waals surface area contributed by atoms with Crippen LogP contribution in [0.3, 0.4) is 0 Å². The lowest BCUT2D eigenvalue weighted by molar-refractivity contribution is 0.0602. The summed E-state index contributed by atoms with van der Waals surface area (Å²) in [7, 11) is 0. The molecule has 1 aromatic heterocycles. The number of nitrogens with zero attached hydrogens (tertiary/aromatic N) is 2. The van der Waals surface area contributed by atoms with E-state index in [1.165, 1.54) is 0 Å². The SMILES string of the molecule is Cc1nc(Cl)c(OCc2ccccc2)cc1CC(=NC(=O)OC(C)(C)C)C(C)(C)C. The Hall–Kier alpha value is -2.40. The first-order valence-electron chi connectivity index (χ1n) is 9.99. The Balaban J connectivity index is 2.28. The average Bonchev–Trinajstić information content (AvgIpc) is 2.60. The molecule has 2 rings (SSSR count). The molecule has 1 amide bonds. The number of aromatic nitrogens is 1. The van der Waals surface area contributed by atoms with Gasteiger partial charge in [0.2, 0.25) is 0 Å². The minimum absolute atomic E-state index is 0.313. The van der Waals surface area contributed by atoms with Gasteiger partial charge in [-0.15, -0.1) is 0 Å². The third-order valence-electron chi connectivity index (χ3n) is 4.32. The summed E-state index contributed by atoms with van der Waals surface area (Å²) in [6, 6.07) is 11.7. The summed E-state index contributed by atoms with van der Waals surface area (Å²) in [4.78, 5) is 21.0. The van der Waals surface area contributed by atoms with Crippen LogP contribution >= 0.6 is 11.6 Å². The molecule has 0 fully saturated rings. The lowest BCUT2D eigenvalue weighted by atomic mass is 9.86. The van der Waals surface area contributed by atoms with Crippen molar-refractivity contribution in [3.8, 4) is 5.75 Å². The van der Waals surface area contributed by atoms with Crippen LogP contribution in [0.15, 0.2) is 41.4 Å². The molecule has 0 aliphatic heterocycles. The van der Waals surface area contributed by atoms with Crippen LogP contribution in [0.1, 0.15) is 58.4 Å². The van der Waals surface area contributed by atoms with Crippen LogP contribution in [0.5, 0.6) is 5.75 Å². The molecule has 0 saturated carbocycles. The summed E-state index contributed by atoms with van der Waals surface area (Å²) in [6.45, 7) is 13.8. The molecule has 0 radical (unpaired) electrons. The molecule has 1 heterocycles. The maximum Gasteiger partial charge on any atom is 0.434 e. The Morgan fingerprint density at radius 1 is 1.10 bits per heavy atom. The highest BCUT2D eigenvalue weighted by atomic mass is 35.5. The van der Waals surface area contributed by atoms with Crippen molar-refractivity contribution in [2.24, 2.45) is 10.4 Å². The molecule has 0 aliphatic rings. The van der Waals surface area contributed by atoms with Gasteiger partial charge in [0.25, 0.3) is 0 Å². The summed E-state index contributed by atoms with van der Waals surface area (Å²) >= 11 is 6.31. The number of aryl methyl sites for hydroxylation is 1. The van der Waals surface area contributed by atoms with E-state index in [9.17, 15) is 4.79 Å². The van der Waals surface area contributed by atoms with E-state index < -0.39 is 11.7 Å². The Kier molecular flexibility index (Phi) is 7.64. The summed E-state index contributed by atoms with van der Waals surface area (Å²) in [6.07, 6.45) is -0.145. The van der Waals surface area contributed by atoms with Gasteiger partial charge in [-0.3, -0.25) is 0 Å². The second kappa shape index (κ2) is 9.61. The number of hydrogen-bond acceptors (Lipinski definition) is 4. The van der Waals surface area contributed by atoms with Crippen LogP contribution in [-0.2, 0) is 17.8 Å². The number of rotatable bonds is 5. The number of aliphatic imine (C=N–C) groups is 1. The van der Waals surface area contributed by atoms with Crippen LogP contribution < -0.4 is 4.74 Å². The first-order valence-corrected chi connectivity index (χ1v) is 10.4. The molecule has 2 aromatic rings. The summed E-state index contributed by atoms with van der Waals surface area (Å²) in [5, 5.41) is 0.313. The van der Waals surface area contributed by atoms with Gasteiger partial charge in [0.15, 0.2) is 10.9 Å². The van der Waals surface area contributed by atoms with Gasteiger partial charge in [0, 0.05) is 23.2 Å². The van der Waals surface area contributed by atoms with Crippen LogP contribution in [0.2, 0.25) is 5.15 Å². The summed E-state index contributed by atoms with van der Waals surface area (Å²) in [5.74, 6) is 0.506. The lowest BCUT2D eigenvalue weighted by Crippen LogP contribution is -2.27. The van der Waals surface area contributed by atoms with Crippen molar-refractivity contribution in [1.82, 2.24) is 4.98 Å². The van der Waals surface area contributed by atoms with Crippen molar-refractivity contribution in [2.75, 3.05) is 0 Å². The molecular weight excluding hydrogens is 400 g/mol. The van der Waals surface area contributed by atoms with Gasteiger partial charge >= 0.3 is 6.09 Å². The second-order valence-corrected chi connectivity index (χ2v) is 9.62. The normalized spacial score (nSPS) is 12.6. The van der Waals surface area contributed by atoms with Crippen molar-refractivity contribution in [3.05, 3.63) is 58.4 Å². The van der Waals surface area contributed by atoms with Crippen molar-refractivity contribution in [3.63, 3.8) is 0 Å². The maximum atomic E-state index is 12.3. The molecule has 1 aromatic carbocycles. The highest BCUT2D eigenvalue weighted by Gasteiger charge is 2.24. The zero-order chi connectivity index (χ0) is 22.5. The predicted octanol–water partition coefficient (Wildman–Crippen LogP) is 6.59. The molecule has 0 N–H and O–H groups in total. The first kappa shape index (κ1) is 23.9. The van der Waals surface area contributed by atoms with E-state index in [0.29, 0.717) is 29.6 Å². The highest BCUT2D eigenvalue weighted by Crippen LogP contribution is 2.29. The van der Waals surface area contributed by atoms with E-state index in [1.807, 2.05) is 84.9 Å². The fourth-order valence-corrected chi connectivity index (χ4v) is 2.90. The van der Waals surface area contributed by atoms with E-state index >= 15 is 0 Å². The number of carbonyl (C=O) groups excluding carboxylic acids is 1. The molecular formula is C24H31ClN2O3. The fourth-order valence-electron chi connectivity index (χ4n) is 2.66. The number of ether oxygens (including phenoxy) is 2. The Morgan fingerprint density at radius 2 is 1.73 bits per heavy atom. The van der Waals surface area contributed by atoms with Crippen LogP contribution in [0, 0.1) is 12.3 Å². The van der Waals surface area contributed by atoms with Gasteiger partial charge in [-0.05, 0) is 44.9 Å². The molecule has 0 saturated heterocycles. The zero-order valence-electron chi connectivity index (χ0n) is 18.9. The van der Waals surface area contributed by atoms with Crippen LogP contribution in [0.4, 0.5) is 4.79 Å². The van der Waals surface area contributed by atoms with Gasteiger partial charge in [0.1, 0.15) is 12.2 Å². The van der Waals surface area contributed by atoms with E-state index in [2.05, 4.69) is 9.98 Å². The van der Waals surface area contributed by atoms with E-state index in [0.717, 1.165) is 16.8 Å². The van der Waals surface area contributed by atoms with Gasteiger partial charge in [0.05, 0.1) is 0 Å². The van der Waals surface area contributed by atoms with Gasteiger partial charge < -0.3 is 9.47 Å². The third kappa shape index (κ3) is 7.45. The number of amides is 1. The number of halogens is 1. The Morgan fingerprint density at radius 3 is 2.30 bits per heavy atom. The van der Waals surface area contributed by atoms with Crippen LogP contribution in [-0.4, -0.2) is 22.4 Å².